The smallest absolute Gasteiger partial charge is 0.130 e. The summed E-state index contributed by atoms with van der Waals surface area (Å²) in [5, 5.41) is 3.80. The zero-order chi connectivity index (χ0) is 12.8. The van der Waals surface area contributed by atoms with Crippen molar-refractivity contribution in [3.8, 4) is 0 Å². The van der Waals surface area contributed by atoms with Gasteiger partial charge in [0.05, 0.1) is 6.61 Å². The Morgan fingerprint density at radius 2 is 2.33 bits per heavy atom. The van der Waals surface area contributed by atoms with Gasteiger partial charge < -0.3 is 10.1 Å². The van der Waals surface area contributed by atoms with Gasteiger partial charge in [-0.25, -0.2) is 4.39 Å². The largest absolute Gasteiger partial charge is 0.377 e. The molecule has 1 aromatic carbocycles. The van der Waals surface area contributed by atoms with Crippen LogP contribution in [-0.2, 0) is 11.3 Å². The average molecular weight is 272 g/mol. The Hall–Kier alpha value is -0.640. The normalized spacial score (nSPS) is 20.0. The van der Waals surface area contributed by atoms with Gasteiger partial charge in [0.15, 0.2) is 0 Å². The first-order chi connectivity index (χ1) is 8.75. The number of hydrogen-bond acceptors (Lipinski definition) is 2. The van der Waals surface area contributed by atoms with E-state index in [1.807, 2.05) is 0 Å². The standard InChI is InChI=1S/C14H19ClFNO/c15-13-4-3-12(14(16)8-13)10-18-7-5-11-2-1-6-17-9-11/h3-4,8,11,17H,1-2,5-7,9-10H2. The minimum Gasteiger partial charge on any atom is -0.377 e. The van der Waals surface area contributed by atoms with Gasteiger partial charge in [0.25, 0.3) is 0 Å². The van der Waals surface area contributed by atoms with E-state index in [1.54, 1.807) is 12.1 Å². The van der Waals surface area contributed by atoms with Crippen molar-refractivity contribution in [2.75, 3.05) is 19.7 Å². The molecular weight excluding hydrogens is 253 g/mol. The molecule has 1 unspecified atom stereocenters. The number of ether oxygens (including phenoxy) is 1. The molecule has 1 N–H and O–H groups in total. The predicted octanol–water partition coefficient (Wildman–Crippen LogP) is 3.39. The molecule has 4 heteroatoms. The molecule has 1 aromatic rings. The van der Waals surface area contributed by atoms with Crippen molar-refractivity contribution in [1.29, 1.82) is 0 Å². The first-order valence-electron chi connectivity index (χ1n) is 6.48. The Balaban J connectivity index is 1.68. The molecule has 0 amide bonds. The fraction of sp³-hybridized carbons (Fsp3) is 0.571. The molecule has 0 spiro atoms. The molecule has 2 nitrogen and oxygen atoms in total. The third kappa shape index (κ3) is 4.23. The van der Waals surface area contributed by atoms with Crippen molar-refractivity contribution in [3.63, 3.8) is 0 Å². The van der Waals surface area contributed by atoms with Crippen molar-refractivity contribution < 1.29 is 9.13 Å². The summed E-state index contributed by atoms with van der Waals surface area (Å²) >= 11 is 5.69. The van der Waals surface area contributed by atoms with E-state index < -0.39 is 0 Å². The summed E-state index contributed by atoms with van der Waals surface area (Å²) in [6, 6.07) is 4.69. The van der Waals surface area contributed by atoms with Crippen LogP contribution in [0.5, 0.6) is 0 Å². The van der Waals surface area contributed by atoms with E-state index in [9.17, 15) is 4.39 Å². The molecule has 1 atom stereocenters. The van der Waals surface area contributed by atoms with Gasteiger partial charge in [-0.05, 0) is 50.4 Å². The first-order valence-corrected chi connectivity index (χ1v) is 6.86. The molecule has 1 fully saturated rings. The second-order valence-corrected chi connectivity index (χ2v) is 5.23. The second kappa shape index (κ2) is 7.07. The summed E-state index contributed by atoms with van der Waals surface area (Å²) in [5.74, 6) is 0.413. The molecule has 0 saturated carbocycles. The number of benzene rings is 1. The van der Waals surface area contributed by atoms with Crippen LogP contribution in [0.3, 0.4) is 0 Å². The molecule has 1 heterocycles. The Morgan fingerprint density at radius 1 is 1.44 bits per heavy atom. The van der Waals surface area contributed by atoms with Crippen LogP contribution in [0.15, 0.2) is 18.2 Å². The number of rotatable bonds is 5. The quantitative estimate of drug-likeness (QED) is 0.829. The van der Waals surface area contributed by atoms with Crippen LogP contribution in [0, 0.1) is 11.7 Å². The van der Waals surface area contributed by atoms with E-state index in [0.29, 0.717) is 29.7 Å². The zero-order valence-corrected chi connectivity index (χ0v) is 11.2. The number of piperidine rings is 1. The highest BCUT2D eigenvalue weighted by atomic mass is 35.5. The van der Waals surface area contributed by atoms with E-state index in [-0.39, 0.29) is 5.82 Å². The van der Waals surface area contributed by atoms with Crippen molar-refractivity contribution in [1.82, 2.24) is 5.32 Å². The third-order valence-electron chi connectivity index (χ3n) is 3.34. The molecule has 18 heavy (non-hydrogen) atoms. The lowest BCUT2D eigenvalue weighted by molar-refractivity contribution is 0.101. The zero-order valence-electron chi connectivity index (χ0n) is 10.4. The maximum Gasteiger partial charge on any atom is 0.130 e. The Labute approximate surface area is 112 Å². The lowest BCUT2D eigenvalue weighted by Crippen LogP contribution is -2.30. The van der Waals surface area contributed by atoms with E-state index in [0.717, 1.165) is 19.5 Å². The Bertz CT molecular complexity index is 380. The molecule has 0 aromatic heterocycles. The topological polar surface area (TPSA) is 21.3 Å². The second-order valence-electron chi connectivity index (χ2n) is 4.79. The maximum atomic E-state index is 13.5. The first kappa shape index (κ1) is 13.8. The van der Waals surface area contributed by atoms with Crippen molar-refractivity contribution in [3.05, 3.63) is 34.6 Å². The highest BCUT2D eigenvalue weighted by molar-refractivity contribution is 6.30. The molecular formula is C14H19ClFNO. The summed E-state index contributed by atoms with van der Waals surface area (Å²) in [6.45, 7) is 3.23. The van der Waals surface area contributed by atoms with Crippen LogP contribution >= 0.6 is 11.6 Å². The molecule has 1 aliphatic heterocycles. The summed E-state index contributed by atoms with van der Waals surface area (Å²) < 4.78 is 19.0. The van der Waals surface area contributed by atoms with Crippen molar-refractivity contribution in [2.45, 2.75) is 25.9 Å². The van der Waals surface area contributed by atoms with Crippen LogP contribution in [-0.4, -0.2) is 19.7 Å². The van der Waals surface area contributed by atoms with Crippen LogP contribution in [0.2, 0.25) is 5.02 Å². The third-order valence-corrected chi connectivity index (χ3v) is 3.58. The van der Waals surface area contributed by atoms with Gasteiger partial charge >= 0.3 is 0 Å². The Morgan fingerprint density at radius 3 is 3.06 bits per heavy atom. The molecule has 0 bridgehead atoms. The monoisotopic (exact) mass is 271 g/mol. The van der Waals surface area contributed by atoms with E-state index in [4.69, 9.17) is 16.3 Å². The number of halogens is 2. The number of hydrogen-bond donors (Lipinski definition) is 1. The average Bonchev–Trinajstić information content (AvgIpc) is 2.38. The van der Waals surface area contributed by atoms with Crippen molar-refractivity contribution >= 4 is 11.6 Å². The van der Waals surface area contributed by atoms with Gasteiger partial charge in [-0.15, -0.1) is 0 Å². The summed E-state index contributed by atoms with van der Waals surface area (Å²) in [6.07, 6.45) is 3.56. The lowest BCUT2D eigenvalue weighted by Gasteiger charge is -2.22. The molecule has 1 aliphatic rings. The number of nitrogens with one attached hydrogen (secondary N) is 1. The van der Waals surface area contributed by atoms with Gasteiger partial charge in [0, 0.05) is 17.2 Å². The fourth-order valence-corrected chi connectivity index (χ4v) is 2.40. The minimum atomic E-state index is -0.290. The summed E-state index contributed by atoms with van der Waals surface area (Å²) in [7, 11) is 0. The molecule has 0 aliphatic carbocycles. The summed E-state index contributed by atoms with van der Waals surface area (Å²) in [5.41, 5.74) is 0.571. The molecule has 0 radical (unpaired) electrons. The van der Waals surface area contributed by atoms with Gasteiger partial charge in [0.1, 0.15) is 5.82 Å². The van der Waals surface area contributed by atoms with Crippen LogP contribution in [0.25, 0.3) is 0 Å². The maximum absolute atomic E-state index is 13.5. The minimum absolute atomic E-state index is 0.290. The van der Waals surface area contributed by atoms with Crippen LogP contribution < -0.4 is 5.32 Å². The SMILES string of the molecule is Fc1cc(Cl)ccc1COCCC1CCCNC1. The highest BCUT2D eigenvalue weighted by Crippen LogP contribution is 2.17. The van der Waals surface area contributed by atoms with E-state index >= 15 is 0 Å². The van der Waals surface area contributed by atoms with Gasteiger partial charge in [-0.3, -0.25) is 0 Å². The fourth-order valence-electron chi connectivity index (χ4n) is 2.24. The summed E-state index contributed by atoms with van der Waals surface area (Å²) in [4.78, 5) is 0. The Kier molecular flexibility index (Phi) is 5.42. The van der Waals surface area contributed by atoms with Crippen LogP contribution in [0.4, 0.5) is 4.39 Å². The molecule has 1 saturated heterocycles. The lowest BCUT2D eigenvalue weighted by atomic mass is 9.97. The van der Waals surface area contributed by atoms with Crippen LogP contribution in [0.1, 0.15) is 24.8 Å². The van der Waals surface area contributed by atoms with Gasteiger partial charge in [-0.2, -0.15) is 0 Å². The molecule has 100 valence electrons. The predicted molar refractivity (Wildman–Crippen MR) is 71.3 cm³/mol. The highest BCUT2D eigenvalue weighted by Gasteiger charge is 2.12. The van der Waals surface area contributed by atoms with Gasteiger partial charge in [-0.1, -0.05) is 17.7 Å². The van der Waals surface area contributed by atoms with Gasteiger partial charge in [0.2, 0.25) is 0 Å². The van der Waals surface area contributed by atoms with Crippen molar-refractivity contribution in [2.24, 2.45) is 5.92 Å². The van der Waals surface area contributed by atoms with E-state index in [2.05, 4.69) is 5.32 Å². The molecule has 2 rings (SSSR count). The van der Waals surface area contributed by atoms with E-state index in [1.165, 1.54) is 18.9 Å².